The van der Waals surface area contributed by atoms with E-state index in [1.54, 1.807) is 6.07 Å². The molecule has 1 aliphatic rings. The number of nitrogens with zero attached hydrogens (tertiary/aromatic N) is 2. The summed E-state index contributed by atoms with van der Waals surface area (Å²) in [6.45, 7) is 3.62. The van der Waals surface area contributed by atoms with Crippen molar-refractivity contribution in [3.8, 4) is 0 Å². The van der Waals surface area contributed by atoms with Gasteiger partial charge in [0.2, 0.25) is 0 Å². The number of likely N-dealkylation sites (N-methyl/N-ethyl adjacent to an activating group) is 1. The maximum atomic E-state index is 12.3. The summed E-state index contributed by atoms with van der Waals surface area (Å²) in [4.78, 5) is 18.6. The van der Waals surface area contributed by atoms with E-state index in [4.69, 9.17) is 0 Å². The summed E-state index contributed by atoms with van der Waals surface area (Å²) in [6.07, 6.45) is 2.17. The molecule has 0 spiro atoms. The smallest absolute Gasteiger partial charge is 0.272 e. The van der Waals surface area contributed by atoms with Gasteiger partial charge in [0.05, 0.1) is 0 Å². The molecule has 19 heavy (non-hydrogen) atoms. The Morgan fingerprint density at radius 3 is 2.84 bits per heavy atom. The van der Waals surface area contributed by atoms with Gasteiger partial charge in [0, 0.05) is 24.8 Å². The number of carbonyl (C=O) groups is 1. The van der Waals surface area contributed by atoms with Crippen LogP contribution in [0.4, 0.5) is 0 Å². The number of carbonyl (C=O) groups excluding carboxylic acids is 1. The molecule has 2 heterocycles. The average molecular weight is 306 g/mol. The fraction of sp³-hybridized carbons (Fsp3) is 0.538. The van der Waals surface area contributed by atoms with Crippen molar-refractivity contribution < 1.29 is 4.79 Å². The van der Waals surface area contributed by atoms with Crippen LogP contribution in [0.2, 0.25) is 0 Å². The van der Waals surface area contributed by atoms with Gasteiger partial charge in [0.15, 0.2) is 0 Å². The van der Waals surface area contributed by atoms with Gasteiger partial charge in [-0.15, -0.1) is 24.8 Å². The average Bonchev–Trinajstić information content (AvgIpc) is 2.77. The monoisotopic (exact) mass is 305 g/mol. The van der Waals surface area contributed by atoms with Gasteiger partial charge < -0.3 is 10.2 Å². The zero-order valence-electron chi connectivity index (χ0n) is 11.3. The van der Waals surface area contributed by atoms with Crippen molar-refractivity contribution in [2.75, 3.05) is 20.1 Å². The first-order chi connectivity index (χ1) is 8.22. The number of pyridine rings is 1. The lowest BCUT2D eigenvalue weighted by Gasteiger charge is -2.24. The topological polar surface area (TPSA) is 45.2 Å². The third kappa shape index (κ3) is 4.34. The van der Waals surface area contributed by atoms with E-state index in [1.807, 2.05) is 31.0 Å². The Labute approximate surface area is 126 Å². The quantitative estimate of drug-likeness (QED) is 0.930. The highest BCUT2D eigenvalue weighted by Crippen LogP contribution is 2.19. The Kier molecular flexibility index (Phi) is 7.99. The van der Waals surface area contributed by atoms with Crippen molar-refractivity contribution in [1.82, 2.24) is 15.2 Å². The van der Waals surface area contributed by atoms with Crippen LogP contribution in [0.15, 0.2) is 18.2 Å². The van der Waals surface area contributed by atoms with Gasteiger partial charge in [-0.1, -0.05) is 6.07 Å². The number of aromatic nitrogens is 1. The third-order valence-corrected chi connectivity index (χ3v) is 3.19. The van der Waals surface area contributed by atoms with Crippen LogP contribution >= 0.6 is 24.8 Å². The molecule has 0 aliphatic carbocycles. The highest BCUT2D eigenvalue weighted by Gasteiger charge is 2.29. The van der Waals surface area contributed by atoms with Crippen molar-refractivity contribution in [3.63, 3.8) is 0 Å². The lowest BCUT2D eigenvalue weighted by atomic mass is 10.2. The number of hydrogen-bond acceptors (Lipinski definition) is 3. The number of hydrogen-bond donors (Lipinski definition) is 1. The molecule has 2 rings (SSSR count). The molecule has 0 aromatic carbocycles. The second-order valence-corrected chi connectivity index (χ2v) is 4.52. The predicted octanol–water partition coefficient (Wildman–Crippen LogP) is 2.06. The minimum atomic E-state index is 0. The summed E-state index contributed by atoms with van der Waals surface area (Å²) >= 11 is 0. The van der Waals surface area contributed by atoms with Gasteiger partial charge in [-0.3, -0.25) is 4.79 Å². The number of nitrogens with one attached hydrogen (secondary N) is 1. The van der Waals surface area contributed by atoms with Crippen molar-refractivity contribution in [2.24, 2.45) is 0 Å². The molecule has 1 aromatic rings. The largest absolute Gasteiger partial charge is 0.333 e. The van der Waals surface area contributed by atoms with Crippen LogP contribution in [0.5, 0.6) is 0 Å². The van der Waals surface area contributed by atoms with Crippen LogP contribution in [0.3, 0.4) is 0 Å². The molecule has 0 saturated carbocycles. The zero-order valence-corrected chi connectivity index (χ0v) is 12.9. The molecule has 4 nitrogen and oxygen atoms in total. The van der Waals surface area contributed by atoms with E-state index in [1.165, 1.54) is 0 Å². The summed E-state index contributed by atoms with van der Waals surface area (Å²) in [6, 6.07) is 5.91. The SMILES string of the molecule is CNCC1CCCN1C(=O)c1cccc(C)n1.Cl.Cl. The zero-order chi connectivity index (χ0) is 12.3. The molecule has 1 amide bonds. The predicted molar refractivity (Wildman–Crippen MR) is 81.5 cm³/mol. The second-order valence-electron chi connectivity index (χ2n) is 4.52. The molecule has 1 saturated heterocycles. The third-order valence-electron chi connectivity index (χ3n) is 3.19. The highest BCUT2D eigenvalue weighted by molar-refractivity contribution is 5.92. The molecule has 1 aromatic heterocycles. The molecule has 0 radical (unpaired) electrons. The number of halogens is 2. The Bertz CT molecular complexity index is 415. The first-order valence-electron chi connectivity index (χ1n) is 6.11. The van der Waals surface area contributed by atoms with Gasteiger partial charge in [-0.25, -0.2) is 4.98 Å². The van der Waals surface area contributed by atoms with Gasteiger partial charge in [-0.05, 0) is 38.9 Å². The van der Waals surface area contributed by atoms with E-state index in [-0.39, 0.29) is 30.7 Å². The molecular weight excluding hydrogens is 285 g/mol. The van der Waals surface area contributed by atoms with E-state index in [9.17, 15) is 4.79 Å². The molecule has 1 fully saturated rings. The fourth-order valence-corrected chi connectivity index (χ4v) is 2.36. The molecule has 1 atom stereocenters. The van der Waals surface area contributed by atoms with Crippen LogP contribution in [-0.4, -0.2) is 42.0 Å². The molecule has 1 aliphatic heterocycles. The Morgan fingerprint density at radius 1 is 1.47 bits per heavy atom. The Hall–Kier alpha value is -0.840. The lowest BCUT2D eigenvalue weighted by Crippen LogP contribution is -2.41. The summed E-state index contributed by atoms with van der Waals surface area (Å²) in [5.41, 5.74) is 1.45. The molecule has 6 heteroatoms. The second kappa shape index (κ2) is 8.35. The molecule has 0 bridgehead atoms. The molecule has 1 unspecified atom stereocenters. The van der Waals surface area contributed by atoms with Crippen LogP contribution in [-0.2, 0) is 0 Å². The van der Waals surface area contributed by atoms with E-state index < -0.39 is 0 Å². The Morgan fingerprint density at radius 2 is 2.21 bits per heavy atom. The van der Waals surface area contributed by atoms with Crippen LogP contribution in [0.1, 0.15) is 29.0 Å². The number of likely N-dealkylation sites (tertiary alicyclic amines) is 1. The van der Waals surface area contributed by atoms with Crippen molar-refractivity contribution >= 4 is 30.7 Å². The first-order valence-corrected chi connectivity index (χ1v) is 6.11. The maximum absolute atomic E-state index is 12.3. The number of amides is 1. The summed E-state index contributed by atoms with van der Waals surface area (Å²) in [7, 11) is 1.92. The first kappa shape index (κ1) is 18.2. The van der Waals surface area contributed by atoms with Crippen molar-refractivity contribution in [1.29, 1.82) is 0 Å². The Balaban J connectivity index is 0.00000162. The standard InChI is InChI=1S/C13H19N3O.2ClH/c1-10-5-3-7-12(15-10)13(17)16-8-4-6-11(16)9-14-2;;/h3,5,7,11,14H,4,6,8-9H2,1-2H3;2*1H. The number of rotatable bonds is 3. The van der Waals surface area contributed by atoms with Gasteiger partial charge in [0.1, 0.15) is 5.69 Å². The van der Waals surface area contributed by atoms with E-state index in [2.05, 4.69) is 10.3 Å². The van der Waals surface area contributed by atoms with Crippen LogP contribution in [0, 0.1) is 6.92 Å². The maximum Gasteiger partial charge on any atom is 0.272 e. The van der Waals surface area contributed by atoms with Gasteiger partial charge in [0.25, 0.3) is 5.91 Å². The van der Waals surface area contributed by atoms with E-state index >= 15 is 0 Å². The van der Waals surface area contributed by atoms with Gasteiger partial charge in [-0.2, -0.15) is 0 Å². The normalized spacial score (nSPS) is 17.6. The highest BCUT2D eigenvalue weighted by atomic mass is 35.5. The summed E-state index contributed by atoms with van der Waals surface area (Å²) in [5.74, 6) is 0.0615. The number of aryl methyl sites for hydroxylation is 1. The minimum absolute atomic E-state index is 0. The minimum Gasteiger partial charge on any atom is -0.333 e. The summed E-state index contributed by atoms with van der Waals surface area (Å²) < 4.78 is 0. The lowest BCUT2D eigenvalue weighted by molar-refractivity contribution is 0.0731. The van der Waals surface area contributed by atoms with Gasteiger partial charge >= 0.3 is 0 Å². The fourth-order valence-electron chi connectivity index (χ4n) is 2.36. The van der Waals surface area contributed by atoms with E-state index in [0.29, 0.717) is 11.7 Å². The molecule has 1 N–H and O–H groups in total. The van der Waals surface area contributed by atoms with Crippen molar-refractivity contribution in [2.45, 2.75) is 25.8 Å². The summed E-state index contributed by atoms with van der Waals surface area (Å²) in [5, 5.41) is 3.14. The van der Waals surface area contributed by atoms with Crippen LogP contribution < -0.4 is 5.32 Å². The molecule has 108 valence electrons. The van der Waals surface area contributed by atoms with Crippen LogP contribution in [0.25, 0.3) is 0 Å². The van der Waals surface area contributed by atoms with Crippen molar-refractivity contribution in [3.05, 3.63) is 29.6 Å². The molecular formula is C13H21Cl2N3O. The van der Waals surface area contributed by atoms with E-state index in [0.717, 1.165) is 31.6 Å².